The molecule has 0 aromatic heterocycles. The minimum atomic E-state index is -1.12. The van der Waals surface area contributed by atoms with Crippen LogP contribution in [0.2, 0.25) is 0 Å². The molecule has 1 saturated heterocycles. The molecule has 3 amide bonds. The summed E-state index contributed by atoms with van der Waals surface area (Å²) in [7, 11) is 0. The number of halogens is 1. The van der Waals surface area contributed by atoms with Gasteiger partial charge < -0.3 is 20.6 Å². The molecule has 0 aliphatic carbocycles. The summed E-state index contributed by atoms with van der Waals surface area (Å²) < 4.78 is 0.861. The van der Waals surface area contributed by atoms with Crippen LogP contribution in [-0.4, -0.2) is 47.0 Å². The molecular weight excluding hydrogens is 389 g/mol. The lowest BCUT2D eigenvalue weighted by Gasteiger charge is -2.34. The summed E-state index contributed by atoms with van der Waals surface area (Å²) in [6.07, 6.45) is -0.412. The number of nitrogens with one attached hydrogen (secondary N) is 2. The molecule has 21 heavy (non-hydrogen) atoms. The average molecular weight is 403 g/mol. The van der Waals surface area contributed by atoms with Crippen LogP contribution in [0.25, 0.3) is 0 Å². The molecule has 0 bridgehead atoms. The van der Waals surface area contributed by atoms with Crippen molar-refractivity contribution in [2.75, 3.05) is 18.4 Å². The highest BCUT2D eigenvalue weighted by molar-refractivity contribution is 14.1. The molecule has 1 heterocycles. The summed E-state index contributed by atoms with van der Waals surface area (Å²) in [4.78, 5) is 36.2. The minimum absolute atomic E-state index is 0.277. The van der Waals surface area contributed by atoms with Crippen molar-refractivity contribution >= 4 is 46.2 Å². The van der Waals surface area contributed by atoms with E-state index >= 15 is 0 Å². The topological polar surface area (TPSA) is 98.7 Å². The molecule has 1 aromatic carbocycles. The zero-order chi connectivity index (χ0) is 15.4. The fourth-order valence-corrected chi connectivity index (χ4v) is 2.60. The Bertz CT molecular complexity index is 578. The van der Waals surface area contributed by atoms with E-state index in [2.05, 4.69) is 33.2 Å². The first kappa shape index (κ1) is 15.5. The molecule has 112 valence electrons. The van der Waals surface area contributed by atoms with Gasteiger partial charge in [0, 0.05) is 16.7 Å². The first-order valence-electron chi connectivity index (χ1n) is 6.30. The predicted molar refractivity (Wildman–Crippen MR) is 83.9 cm³/mol. The first-order valence-corrected chi connectivity index (χ1v) is 7.38. The number of carboxylic acid groups (broad SMARTS) is 1. The summed E-state index contributed by atoms with van der Waals surface area (Å²) in [6.45, 7) is 0.590. The number of carbonyl (C=O) groups excluding carboxylic acids is 2. The zero-order valence-electron chi connectivity index (χ0n) is 11.0. The Morgan fingerprint density at radius 2 is 2.14 bits per heavy atom. The molecule has 3 N–H and O–H groups in total. The van der Waals surface area contributed by atoms with Crippen LogP contribution in [0.5, 0.6) is 0 Å². The largest absolute Gasteiger partial charge is 0.481 e. The van der Waals surface area contributed by atoms with Crippen LogP contribution in [0, 0.1) is 3.57 Å². The summed E-state index contributed by atoms with van der Waals surface area (Å²) in [5, 5.41) is 14.2. The Morgan fingerprint density at radius 1 is 1.43 bits per heavy atom. The van der Waals surface area contributed by atoms with E-state index in [1.807, 2.05) is 12.1 Å². The molecule has 0 saturated carbocycles. The second kappa shape index (κ2) is 6.74. The molecule has 0 radical (unpaired) electrons. The van der Waals surface area contributed by atoms with Gasteiger partial charge in [-0.15, -0.1) is 0 Å². The van der Waals surface area contributed by atoms with Gasteiger partial charge in [-0.3, -0.25) is 9.59 Å². The smallest absolute Gasteiger partial charge is 0.322 e. The lowest BCUT2D eigenvalue weighted by Crippen LogP contribution is -2.58. The number of benzene rings is 1. The molecular formula is C13H14IN3O4. The van der Waals surface area contributed by atoms with E-state index in [1.165, 1.54) is 4.90 Å². The number of anilines is 1. The van der Waals surface area contributed by atoms with E-state index in [0.717, 1.165) is 3.57 Å². The van der Waals surface area contributed by atoms with Crippen molar-refractivity contribution in [3.05, 3.63) is 27.8 Å². The van der Waals surface area contributed by atoms with Gasteiger partial charge in [-0.05, 0) is 34.7 Å². The van der Waals surface area contributed by atoms with Crippen molar-refractivity contribution in [3.63, 3.8) is 0 Å². The van der Waals surface area contributed by atoms with E-state index in [9.17, 15) is 14.4 Å². The second-order valence-electron chi connectivity index (χ2n) is 4.51. The Hall–Kier alpha value is -1.84. The number of aliphatic carboxylic acids is 1. The summed E-state index contributed by atoms with van der Waals surface area (Å²) in [5.41, 5.74) is 0.628. The van der Waals surface area contributed by atoms with Crippen molar-refractivity contribution < 1.29 is 19.5 Å². The highest BCUT2D eigenvalue weighted by Gasteiger charge is 2.34. The molecule has 1 fully saturated rings. The van der Waals surface area contributed by atoms with Crippen LogP contribution in [0.1, 0.15) is 6.42 Å². The van der Waals surface area contributed by atoms with Crippen molar-refractivity contribution in [3.8, 4) is 0 Å². The number of rotatable bonds is 3. The van der Waals surface area contributed by atoms with Crippen molar-refractivity contribution in [1.82, 2.24) is 10.2 Å². The van der Waals surface area contributed by atoms with Crippen LogP contribution in [0.15, 0.2) is 24.3 Å². The maximum Gasteiger partial charge on any atom is 0.322 e. The van der Waals surface area contributed by atoms with Gasteiger partial charge in [0.05, 0.1) is 12.1 Å². The monoisotopic (exact) mass is 403 g/mol. The van der Waals surface area contributed by atoms with Gasteiger partial charge in [0.15, 0.2) is 0 Å². The Balaban J connectivity index is 2.14. The first-order chi connectivity index (χ1) is 9.99. The lowest BCUT2D eigenvalue weighted by molar-refractivity contribution is -0.142. The fourth-order valence-electron chi connectivity index (χ4n) is 2.08. The second-order valence-corrected chi connectivity index (χ2v) is 5.67. The number of carbonyl (C=O) groups is 3. The van der Waals surface area contributed by atoms with Gasteiger partial charge in [-0.25, -0.2) is 4.79 Å². The minimum Gasteiger partial charge on any atom is -0.481 e. The SMILES string of the molecule is O=C(O)CC1C(=O)NCCN1C(=O)Nc1ccccc1I. The Labute approximate surface area is 134 Å². The predicted octanol–water partition coefficient (Wildman–Crippen LogP) is 1.10. The third-order valence-electron chi connectivity index (χ3n) is 3.08. The maximum atomic E-state index is 12.3. The van der Waals surface area contributed by atoms with Crippen molar-refractivity contribution in [2.24, 2.45) is 0 Å². The Morgan fingerprint density at radius 3 is 2.81 bits per heavy atom. The van der Waals surface area contributed by atoms with Crippen molar-refractivity contribution in [2.45, 2.75) is 12.5 Å². The van der Waals surface area contributed by atoms with Crippen LogP contribution < -0.4 is 10.6 Å². The quantitative estimate of drug-likeness (QED) is 0.659. The van der Waals surface area contributed by atoms with Gasteiger partial charge in [-0.1, -0.05) is 12.1 Å². The third kappa shape index (κ3) is 3.84. The van der Waals surface area contributed by atoms with E-state index in [4.69, 9.17) is 5.11 Å². The van der Waals surface area contributed by atoms with Gasteiger partial charge >= 0.3 is 12.0 Å². The molecule has 1 atom stereocenters. The summed E-state index contributed by atoms with van der Waals surface area (Å²) in [5.74, 6) is -1.56. The number of piperazine rings is 1. The van der Waals surface area contributed by atoms with E-state index < -0.39 is 30.4 Å². The fraction of sp³-hybridized carbons (Fsp3) is 0.308. The molecule has 0 spiro atoms. The number of para-hydroxylation sites is 1. The number of amides is 3. The number of urea groups is 1. The number of carboxylic acids is 1. The number of hydrogen-bond acceptors (Lipinski definition) is 3. The van der Waals surface area contributed by atoms with Crippen LogP contribution in [0.4, 0.5) is 10.5 Å². The highest BCUT2D eigenvalue weighted by Crippen LogP contribution is 2.19. The van der Waals surface area contributed by atoms with E-state index in [1.54, 1.807) is 12.1 Å². The van der Waals surface area contributed by atoms with Crippen molar-refractivity contribution in [1.29, 1.82) is 0 Å². The summed E-state index contributed by atoms with van der Waals surface area (Å²) in [6, 6.07) is 5.76. The molecule has 1 unspecified atom stereocenters. The highest BCUT2D eigenvalue weighted by atomic mass is 127. The lowest BCUT2D eigenvalue weighted by atomic mass is 10.1. The van der Waals surface area contributed by atoms with Gasteiger partial charge in [0.25, 0.3) is 0 Å². The summed E-state index contributed by atoms with van der Waals surface area (Å²) >= 11 is 2.09. The van der Waals surface area contributed by atoms with Gasteiger partial charge in [-0.2, -0.15) is 0 Å². The van der Waals surface area contributed by atoms with Gasteiger partial charge in [0.1, 0.15) is 6.04 Å². The van der Waals surface area contributed by atoms with Crippen LogP contribution in [-0.2, 0) is 9.59 Å². The van der Waals surface area contributed by atoms with Crippen LogP contribution in [0.3, 0.4) is 0 Å². The molecule has 1 aliphatic rings. The maximum absolute atomic E-state index is 12.3. The normalized spacial score (nSPS) is 18.0. The molecule has 7 nitrogen and oxygen atoms in total. The van der Waals surface area contributed by atoms with Gasteiger partial charge in [0.2, 0.25) is 5.91 Å². The zero-order valence-corrected chi connectivity index (χ0v) is 13.2. The third-order valence-corrected chi connectivity index (χ3v) is 4.02. The molecule has 1 aromatic rings. The average Bonchev–Trinajstić information content (AvgIpc) is 2.43. The van der Waals surface area contributed by atoms with E-state index in [0.29, 0.717) is 12.2 Å². The standard InChI is InChI=1S/C13H14IN3O4/c14-8-3-1-2-4-9(8)16-13(21)17-6-5-15-12(20)10(17)7-11(18)19/h1-4,10H,5-7H2,(H,15,20)(H,16,21)(H,18,19). The van der Waals surface area contributed by atoms with Crippen LogP contribution >= 0.6 is 22.6 Å². The number of hydrogen-bond donors (Lipinski definition) is 3. The Kier molecular flexibility index (Phi) is 4.99. The van der Waals surface area contributed by atoms with E-state index in [-0.39, 0.29) is 6.54 Å². The number of nitrogens with zero attached hydrogens (tertiary/aromatic N) is 1. The molecule has 1 aliphatic heterocycles. The molecule has 2 rings (SSSR count). The molecule has 8 heteroatoms.